The van der Waals surface area contributed by atoms with Crippen molar-refractivity contribution in [3.05, 3.63) is 59.7 Å². The predicted molar refractivity (Wildman–Crippen MR) is 112 cm³/mol. The molecule has 150 valence electrons. The molecule has 2 atom stereocenters. The summed E-state index contributed by atoms with van der Waals surface area (Å²) >= 11 is 1.39. The smallest absolute Gasteiger partial charge is 0.240 e. The summed E-state index contributed by atoms with van der Waals surface area (Å²) in [6, 6.07) is 16.0. The Balaban J connectivity index is 1.47. The molecule has 0 bridgehead atoms. The summed E-state index contributed by atoms with van der Waals surface area (Å²) in [6.45, 7) is 4.53. The number of benzene rings is 2. The normalized spacial score (nSPS) is 16.5. The van der Waals surface area contributed by atoms with Crippen LogP contribution in [0, 0.1) is 0 Å². The lowest BCUT2D eigenvalue weighted by Crippen LogP contribution is -2.40. The van der Waals surface area contributed by atoms with Gasteiger partial charge < -0.3 is 9.64 Å². The Bertz CT molecular complexity index is 1000. The summed E-state index contributed by atoms with van der Waals surface area (Å²) in [6.07, 6.45) is 0.883. The van der Waals surface area contributed by atoms with E-state index in [4.69, 9.17) is 4.74 Å². The number of carbonyl (C=O) groups excluding carboxylic acids is 1. The molecule has 0 aliphatic carbocycles. The van der Waals surface area contributed by atoms with E-state index < -0.39 is 0 Å². The van der Waals surface area contributed by atoms with Crippen LogP contribution in [0.2, 0.25) is 0 Å². The lowest BCUT2D eigenvalue weighted by molar-refractivity contribution is -0.118. The molecule has 3 aromatic rings. The number of hydrogen-bond donors (Lipinski definition) is 0. The lowest BCUT2D eigenvalue weighted by Gasteiger charge is -2.25. The van der Waals surface area contributed by atoms with Crippen molar-refractivity contribution in [1.29, 1.82) is 0 Å². The Morgan fingerprint density at radius 1 is 1.24 bits per heavy atom. The SMILES string of the molecule is COc1ccc(Cn2nnnc2SC(C)C(=O)N2c3ccccc3CC2C)cc1. The fourth-order valence-electron chi connectivity index (χ4n) is 3.59. The number of amides is 1. The Morgan fingerprint density at radius 2 is 2.00 bits per heavy atom. The minimum Gasteiger partial charge on any atom is -0.497 e. The summed E-state index contributed by atoms with van der Waals surface area (Å²) in [5.41, 5.74) is 3.28. The van der Waals surface area contributed by atoms with Crippen LogP contribution in [0.4, 0.5) is 5.69 Å². The van der Waals surface area contributed by atoms with E-state index in [9.17, 15) is 4.79 Å². The van der Waals surface area contributed by atoms with Gasteiger partial charge in [-0.1, -0.05) is 42.1 Å². The quantitative estimate of drug-likeness (QED) is 0.582. The van der Waals surface area contributed by atoms with Crippen LogP contribution >= 0.6 is 11.8 Å². The highest BCUT2D eigenvalue weighted by atomic mass is 32.2. The summed E-state index contributed by atoms with van der Waals surface area (Å²) in [5, 5.41) is 12.4. The summed E-state index contributed by atoms with van der Waals surface area (Å²) in [4.78, 5) is 15.1. The average Bonchev–Trinajstić information content (AvgIpc) is 3.30. The van der Waals surface area contributed by atoms with Crippen molar-refractivity contribution >= 4 is 23.4 Å². The maximum absolute atomic E-state index is 13.2. The molecule has 8 heteroatoms. The molecule has 1 aromatic heterocycles. The van der Waals surface area contributed by atoms with E-state index in [1.807, 2.05) is 54.3 Å². The molecule has 0 radical (unpaired) electrons. The zero-order valence-electron chi connectivity index (χ0n) is 16.6. The maximum Gasteiger partial charge on any atom is 0.240 e. The number of methoxy groups -OCH3 is 1. The number of anilines is 1. The molecule has 0 fully saturated rings. The van der Waals surface area contributed by atoms with E-state index in [-0.39, 0.29) is 17.2 Å². The van der Waals surface area contributed by atoms with Gasteiger partial charge >= 0.3 is 0 Å². The number of nitrogens with zero attached hydrogens (tertiary/aromatic N) is 5. The van der Waals surface area contributed by atoms with Crippen LogP contribution in [0.25, 0.3) is 0 Å². The summed E-state index contributed by atoms with van der Waals surface area (Å²) < 4.78 is 6.92. The third-order valence-corrected chi connectivity index (χ3v) is 6.12. The number of carbonyl (C=O) groups is 1. The molecule has 29 heavy (non-hydrogen) atoms. The molecule has 2 aromatic carbocycles. The van der Waals surface area contributed by atoms with Gasteiger partial charge in [-0.3, -0.25) is 4.79 Å². The Morgan fingerprint density at radius 3 is 2.76 bits per heavy atom. The topological polar surface area (TPSA) is 73.1 Å². The second-order valence-electron chi connectivity index (χ2n) is 7.12. The number of ether oxygens (including phenoxy) is 1. The second kappa shape index (κ2) is 8.24. The van der Waals surface area contributed by atoms with Crippen molar-refractivity contribution in [1.82, 2.24) is 20.2 Å². The van der Waals surface area contributed by atoms with Crippen LogP contribution < -0.4 is 9.64 Å². The number of rotatable bonds is 6. The van der Waals surface area contributed by atoms with Gasteiger partial charge in [-0.25, -0.2) is 4.68 Å². The third kappa shape index (κ3) is 3.98. The Kier molecular flexibility index (Phi) is 5.53. The van der Waals surface area contributed by atoms with Gasteiger partial charge in [0.2, 0.25) is 11.1 Å². The zero-order chi connectivity index (χ0) is 20.4. The first-order chi connectivity index (χ1) is 14.1. The summed E-state index contributed by atoms with van der Waals surface area (Å²) in [5.74, 6) is 0.880. The first-order valence-corrected chi connectivity index (χ1v) is 10.4. The molecule has 1 aliphatic heterocycles. The van der Waals surface area contributed by atoms with Crippen LogP contribution in [0.1, 0.15) is 25.0 Å². The zero-order valence-corrected chi connectivity index (χ0v) is 17.5. The van der Waals surface area contributed by atoms with E-state index >= 15 is 0 Å². The van der Waals surface area contributed by atoms with Gasteiger partial charge in [-0.15, -0.1) is 5.10 Å². The molecule has 1 amide bonds. The van der Waals surface area contributed by atoms with Gasteiger partial charge in [0, 0.05) is 11.7 Å². The van der Waals surface area contributed by atoms with Crippen LogP contribution in [0.5, 0.6) is 5.75 Å². The maximum atomic E-state index is 13.2. The van der Waals surface area contributed by atoms with Crippen molar-refractivity contribution in [2.45, 2.75) is 43.3 Å². The molecular weight excluding hydrogens is 386 g/mol. The van der Waals surface area contributed by atoms with Gasteiger partial charge in [0.1, 0.15) is 5.75 Å². The van der Waals surface area contributed by atoms with Crippen molar-refractivity contribution in [2.75, 3.05) is 12.0 Å². The monoisotopic (exact) mass is 409 g/mol. The molecule has 0 saturated carbocycles. The van der Waals surface area contributed by atoms with Crippen LogP contribution in [-0.4, -0.2) is 44.5 Å². The predicted octanol–water partition coefficient (Wildman–Crippen LogP) is 3.19. The van der Waals surface area contributed by atoms with E-state index in [2.05, 4.69) is 28.5 Å². The van der Waals surface area contributed by atoms with E-state index in [0.29, 0.717) is 11.7 Å². The van der Waals surface area contributed by atoms with Gasteiger partial charge in [-0.2, -0.15) is 0 Å². The number of thioether (sulfide) groups is 1. The number of fused-ring (bicyclic) bond motifs is 1. The minimum absolute atomic E-state index is 0.0754. The number of aromatic nitrogens is 4. The van der Waals surface area contributed by atoms with Crippen molar-refractivity contribution < 1.29 is 9.53 Å². The molecule has 0 saturated heterocycles. The fraction of sp³-hybridized carbons (Fsp3) is 0.333. The highest BCUT2D eigenvalue weighted by Crippen LogP contribution is 2.34. The van der Waals surface area contributed by atoms with E-state index in [0.717, 1.165) is 23.4 Å². The number of hydrogen-bond acceptors (Lipinski definition) is 6. The van der Waals surface area contributed by atoms with Crippen molar-refractivity contribution in [3.8, 4) is 5.75 Å². The third-order valence-electron chi connectivity index (χ3n) is 5.07. The molecule has 7 nitrogen and oxygen atoms in total. The van der Waals surface area contributed by atoms with Gasteiger partial charge in [0.15, 0.2) is 0 Å². The fourth-order valence-corrected chi connectivity index (χ4v) is 4.43. The highest BCUT2D eigenvalue weighted by molar-refractivity contribution is 8.00. The minimum atomic E-state index is -0.302. The van der Waals surface area contributed by atoms with Gasteiger partial charge in [0.05, 0.1) is 18.9 Å². The number of para-hydroxylation sites is 1. The largest absolute Gasteiger partial charge is 0.497 e. The van der Waals surface area contributed by atoms with E-state index in [1.54, 1.807) is 11.8 Å². The second-order valence-corrected chi connectivity index (χ2v) is 8.43. The first kappa shape index (κ1) is 19.4. The van der Waals surface area contributed by atoms with Gasteiger partial charge in [0.25, 0.3) is 0 Å². The highest BCUT2D eigenvalue weighted by Gasteiger charge is 2.34. The molecule has 0 N–H and O–H groups in total. The number of tetrazole rings is 1. The average molecular weight is 410 g/mol. The molecule has 2 unspecified atom stereocenters. The molecule has 2 heterocycles. The van der Waals surface area contributed by atoms with E-state index in [1.165, 1.54) is 17.3 Å². The molecular formula is C21H23N5O2S. The first-order valence-electron chi connectivity index (χ1n) is 9.53. The van der Waals surface area contributed by atoms with Crippen LogP contribution in [0.15, 0.2) is 53.7 Å². The molecule has 4 rings (SSSR count). The molecule has 0 spiro atoms. The van der Waals surface area contributed by atoms with Crippen molar-refractivity contribution in [2.24, 2.45) is 0 Å². The standard InChI is InChI=1S/C21H23N5O2S/c1-14-12-17-6-4-5-7-19(17)26(14)20(27)15(2)29-21-22-23-24-25(21)13-16-8-10-18(28-3)11-9-16/h4-11,14-15H,12-13H2,1-3H3. The lowest BCUT2D eigenvalue weighted by atomic mass is 10.1. The van der Waals surface area contributed by atoms with Crippen LogP contribution in [-0.2, 0) is 17.8 Å². The Labute approximate surface area is 174 Å². The van der Waals surface area contributed by atoms with Gasteiger partial charge in [-0.05, 0) is 60.0 Å². The van der Waals surface area contributed by atoms with Crippen molar-refractivity contribution in [3.63, 3.8) is 0 Å². The summed E-state index contributed by atoms with van der Waals surface area (Å²) in [7, 11) is 1.64. The molecule has 1 aliphatic rings. The van der Waals surface area contributed by atoms with Crippen LogP contribution in [0.3, 0.4) is 0 Å². The Hall–Kier alpha value is -2.87.